The number of rotatable bonds is 2. The number of hydrogen-bond acceptors (Lipinski definition) is 3. The first-order valence-electron chi connectivity index (χ1n) is 5.99. The van der Waals surface area contributed by atoms with Gasteiger partial charge in [-0.05, 0) is 45.3 Å². The van der Waals surface area contributed by atoms with Crippen molar-refractivity contribution in [1.29, 1.82) is 0 Å². The Balaban J connectivity index is 1.91. The molecule has 0 saturated carbocycles. The standard InChI is InChI=1S/C11H22N2O/c14-9-11-3-1-2-8-13(11)10-4-6-12-7-5-10/h10-12,14H,1-9H2. The van der Waals surface area contributed by atoms with Crippen molar-refractivity contribution in [1.82, 2.24) is 10.2 Å². The molecule has 0 aromatic rings. The molecule has 2 aliphatic rings. The average Bonchev–Trinajstić information content (AvgIpc) is 2.30. The van der Waals surface area contributed by atoms with Gasteiger partial charge in [-0.2, -0.15) is 0 Å². The molecule has 1 atom stereocenters. The molecule has 0 radical (unpaired) electrons. The predicted molar refractivity (Wildman–Crippen MR) is 57.3 cm³/mol. The SMILES string of the molecule is OCC1CCCCN1C1CCNCC1. The Hall–Kier alpha value is -0.120. The molecule has 2 saturated heterocycles. The average molecular weight is 198 g/mol. The van der Waals surface area contributed by atoms with Crippen LogP contribution in [0.5, 0.6) is 0 Å². The predicted octanol–water partition coefficient (Wildman–Crippen LogP) is 0.585. The first kappa shape index (κ1) is 10.4. The molecule has 0 amide bonds. The molecule has 2 heterocycles. The third-order valence-electron chi connectivity index (χ3n) is 3.66. The van der Waals surface area contributed by atoms with Crippen LogP contribution in [0.2, 0.25) is 0 Å². The normalized spacial score (nSPS) is 31.9. The van der Waals surface area contributed by atoms with Crippen LogP contribution < -0.4 is 5.32 Å². The van der Waals surface area contributed by atoms with E-state index in [9.17, 15) is 5.11 Å². The third kappa shape index (κ3) is 2.27. The van der Waals surface area contributed by atoms with E-state index < -0.39 is 0 Å². The monoisotopic (exact) mass is 198 g/mol. The minimum Gasteiger partial charge on any atom is -0.395 e. The molecule has 2 N–H and O–H groups in total. The maximum atomic E-state index is 9.33. The fourth-order valence-corrected chi connectivity index (χ4v) is 2.84. The van der Waals surface area contributed by atoms with Gasteiger partial charge in [0.1, 0.15) is 0 Å². The molecule has 82 valence electrons. The zero-order valence-corrected chi connectivity index (χ0v) is 8.91. The Bertz CT molecular complexity index is 169. The van der Waals surface area contributed by atoms with E-state index in [0.717, 1.165) is 19.1 Å². The van der Waals surface area contributed by atoms with Gasteiger partial charge in [0.15, 0.2) is 0 Å². The molecule has 0 aromatic heterocycles. The van der Waals surface area contributed by atoms with E-state index in [4.69, 9.17) is 0 Å². The van der Waals surface area contributed by atoms with Gasteiger partial charge >= 0.3 is 0 Å². The Morgan fingerprint density at radius 3 is 2.64 bits per heavy atom. The molecule has 14 heavy (non-hydrogen) atoms. The van der Waals surface area contributed by atoms with Crippen LogP contribution in [0.15, 0.2) is 0 Å². The summed E-state index contributed by atoms with van der Waals surface area (Å²) in [6.07, 6.45) is 6.33. The Morgan fingerprint density at radius 1 is 1.14 bits per heavy atom. The van der Waals surface area contributed by atoms with E-state index in [0.29, 0.717) is 12.6 Å². The highest BCUT2D eigenvalue weighted by Gasteiger charge is 2.28. The van der Waals surface area contributed by atoms with Crippen LogP contribution in [0.4, 0.5) is 0 Å². The summed E-state index contributed by atoms with van der Waals surface area (Å²) in [6, 6.07) is 1.18. The van der Waals surface area contributed by atoms with Crippen molar-refractivity contribution in [3.05, 3.63) is 0 Å². The summed E-state index contributed by atoms with van der Waals surface area (Å²) in [5.41, 5.74) is 0. The van der Waals surface area contributed by atoms with Gasteiger partial charge in [0.2, 0.25) is 0 Å². The molecule has 0 aliphatic carbocycles. The van der Waals surface area contributed by atoms with Gasteiger partial charge in [-0.1, -0.05) is 6.42 Å². The van der Waals surface area contributed by atoms with Gasteiger partial charge < -0.3 is 10.4 Å². The van der Waals surface area contributed by atoms with Crippen molar-refractivity contribution in [3.63, 3.8) is 0 Å². The van der Waals surface area contributed by atoms with Gasteiger partial charge in [0.05, 0.1) is 6.61 Å². The Morgan fingerprint density at radius 2 is 1.93 bits per heavy atom. The van der Waals surface area contributed by atoms with Gasteiger partial charge in [0.25, 0.3) is 0 Å². The van der Waals surface area contributed by atoms with Crippen molar-refractivity contribution in [2.75, 3.05) is 26.2 Å². The van der Waals surface area contributed by atoms with E-state index in [-0.39, 0.29) is 0 Å². The molecule has 0 spiro atoms. The van der Waals surface area contributed by atoms with Crippen molar-refractivity contribution < 1.29 is 5.11 Å². The van der Waals surface area contributed by atoms with Crippen LogP contribution >= 0.6 is 0 Å². The van der Waals surface area contributed by atoms with Gasteiger partial charge in [-0.3, -0.25) is 4.90 Å². The van der Waals surface area contributed by atoms with Crippen LogP contribution in [-0.4, -0.2) is 48.3 Å². The maximum Gasteiger partial charge on any atom is 0.0586 e. The van der Waals surface area contributed by atoms with Crippen LogP contribution in [-0.2, 0) is 0 Å². The maximum absolute atomic E-state index is 9.33. The van der Waals surface area contributed by atoms with E-state index in [2.05, 4.69) is 10.2 Å². The second-order valence-electron chi connectivity index (χ2n) is 4.55. The van der Waals surface area contributed by atoms with Gasteiger partial charge in [-0.15, -0.1) is 0 Å². The lowest BCUT2D eigenvalue weighted by molar-refractivity contribution is 0.0411. The van der Waals surface area contributed by atoms with E-state index in [1.165, 1.54) is 38.6 Å². The topological polar surface area (TPSA) is 35.5 Å². The van der Waals surface area contributed by atoms with Crippen molar-refractivity contribution >= 4 is 0 Å². The highest BCUT2D eigenvalue weighted by Crippen LogP contribution is 2.23. The molecule has 2 rings (SSSR count). The Kier molecular flexibility index (Phi) is 3.79. The summed E-state index contributed by atoms with van der Waals surface area (Å²) in [6.45, 7) is 3.86. The number of hydrogen-bond donors (Lipinski definition) is 2. The summed E-state index contributed by atoms with van der Waals surface area (Å²) >= 11 is 0. The first-order chi connectivity index (χ1) is 6.92. The largest absolute Gasteiger partial charge is 0.395 e. The number of nitrogens with one attached hydrogen (secondary N) is 1. The molecular formula is C11H22N2O. The van der Waals surface area contributed by atoms with Crippen molar-refractivity contribution in [2.45, 2.75) is 44.2 Å². The summed E-state index contributed by atoms with van der Waals surface area (Å²) in [7, 11) is 0. The molecule has 0 bridgehead atoms. The van der Waals surface area contributed by atoms with E-state index in [1.807, 2.05) is 0 Å². The number of likely N-dealkylation sites (tertiary alicyclic amines) is 1. The van der Waals surface area contributed by atoms with Crippen LogP contribution in [0.3, 0.4) is 0 Å². The fraction of sp³-hybridized carbons (Fsp3) is 1.00. The van der Waals surface area contributed by atoms with Crippen molar-refractivity contribution in [2.24, 2.45) is 0 Å². The summed E-state index contributed by atoms with van der Waals surface area (Å²) in [5.74, 6) is 0. The highest BCUT2D eigenvalue weighted by atomic mass is 16.3. The third-order valence-corrected chi connectivity index (χ3v) is 3.66. The molecule has 1 unspecified atom stereocenters. The van der Waals surface area contributed by atoms with E-state index in [1.54, 1.807) is 0 Å². The molecule has 0 aromatic carbocycles. The number of nitrogens with zero attached hydrogens (tertiary/aromatic N) is 1. The number of piperidine rings is 2. The van der Waals surface area contributed by atoms with Crippen LogP contribution in [0.1, 0.15) is 32.1 Å². The second-order valence-corrected chi connectivity index (χ2v) is 4.55. The zero-order chi connectivity index (χ0) is 9.80. The molecule has 3 nitrogen and oxygen atoms in total. The molecule has 2 fully saturated rings. The van der Waals surface area contributed by atoms with Crippen LogP contribution in [0.25, 0.3) is 0 Å². The van der Waals surface area contributed by atoms with Gasteiger partial charge in [-0.25, -0.2) is 0 Å². The second kappa shape index (κ2) is 5.10. The summed E-state index contributed by atoms with van der Waals surface area (Å²) in [5, 5.41) is 12.7. The summed E-state index contributed by atoms with van der Waals surface area (Å²) in [4.78, 5) is 2.56. The molecule has 2 aliphatic heterocycles. The van der Waals surface area contributed by atoms with Gasteiger partial charge in [0, 0.05) is 12.1 Å². The highest BCUT2D eigenvalue weighted by molar-refractivity contribution is 4.85. The lowest BCUT2D eigenvalue weighted by Crippen LogP contribution is -2.51. The van der Waals surface area contributed by atoms with E-state index >= 15 is 0 Å². The Labute approximate surface area is 86.5 Å². The fourth-order valence-electron chi connectivity index (χ4n) is 2.84. The lowest BCUT2D eigenvalue weighted by atomic mass is 9.96. The lowest BCUT2D eigenvalue weighted by Gasteiger charge is -2.42. The minimum atomic E-state index is 0.351. The molecular weight excluding hydrogens is 176 g/mol. The zero-order valence-electron chi connectivity index (χ0n) is 8.91. The first-order valence-corrected chi connectivity index (χ1v) is 5.99. The number of aliphatic hydroxyl groups is 1. The van der Waals surface area contributed by atoms with Crippen LogP contribution in [0, 0.1) is 0 Å². The quantitative estimate of drug-likeness (QED) is 0.681. The van der Waals surface area contributed by atoms with Crippen molar-refractivity contribution in [3.8, 4) is 0 Å². The number of aliphatic hydroxyl groups excluding tert-OH is 1. The summed E-state index contributed by atoms with van der Waals surface area (Å²) < 4.78 is 0. The minimum absolute atomic E-state index is 0.351. The smallest absolute Gasteiger partial charge is 0.0586 e. The molecule has 3 heteroatoms.